The average molecular weight is 408 g/mol. The Bertz CT molecular complexity index is 945. The van der Waals surface area contributed by atoms with E-state index in [1.54, 1.807) is 13.3 Å². The zero-order valence-corrected chi connectivity index (χ0v) is 18.0. The quantitative estimate of drug-likeness (QED) is 0.551. The van der Waals surface area contributed by atoms with E-state index >= 15 is 0 Å². The molecular formula is C24H29N3O3. The van der Waals surface area contributed by atoms with E-state index in [9.17, 15) is 9.59 Å². The maximum atomic E-state index is 12.8. The van der Waals surface area contributed by atoms with Gasteiger partial charge in [0.2, 0.25) is 0 Å². The van der Waals surface area contributed by atoms with Gasteiger partial charge >= 0.3 is 0 Å². The van der Waals surface area contributed by atoms with Gasteiger partial charge in [0.1, 0.15) is 5.69 Å². The standard InChI is InChI=1S/C24H29N3O3/c1-5-18-21(28)11-17-13-25-20(22(29)10-16-14-26(3)15-16)12-19(17)23(18)27-8-6-24(2,30-4)7-9-27/h1,12-13,16H,6-11,14-15H2,2-4H3. The molecule has 2 fully saturated rings. The summed E-state index contributed by atoms with van der Waals surface area (Å²) >= 11 is 0. The number of likely N-dealkylation sites (tertiary alicyclic amines) is 2. The van der Waals surface area contributed by atoms with Crippen molar-refractivity contribution in [1.82, 2.24) is 14.8 Å². The van der Waals surface area contributed by atoms with E-state index in [0.717, 1.165) is 55.8 Å². The van der Waals surface area contributed by atoms with E-state index in [0.29, 0.717) is 23.6 Å². The predicted octanol–water partition coefficient (Wildman–Crippen LogP) is 2.19. The molecule has 0 atom stereocenters. The van der Waals surface area contributed by atoms with Crippen molar-refractivity contribution >= 4 is 17.3 Å². The number of carbonyl (C=O) groups excluding carboxylic acids is 2. The monoisotopic (exact) mass is 407 g/mol. The van der Waals surface area contributed by atoms with Crippen molar-refractivity contribution in [3.05, 3.63) is 34.7 Å². The Balaban J connectivity index is 1.65. The topological polar surface area (TPSA) is 62.7 Å². The van der Waals surface area contributed by atoms with Crippen LogP contribution in [0.25, 0.3) is 5.70 Å². The first kappa shape index (κ1) is 20.8. The summed E-state index contributed by atoms with van der Waals surface area (Å²) in [6.07, 6.45) is 9.88. The fourth-order valence-electron chi connectivity index (χ4n) is 4.73. The molecule has 0 amide bonds. The number of rotatable bonds is 5. The van der Waals surface area contributed by atoms with Crippen molar-refractivity contribution in [3.63, 3.8) is 0 Å². The molecule has 3 heterocycles. The van der Waals surface area contributed by atoms with E-state index in [1.165, 1.54) is 0 Å². The number of Topliss-reactive ketones (excluding diaryl/α,β-unsaturated/α-hetero) is 2. The third kappa shape index (κ3) is 3.80. The molecule has 0 spiro atoms. The summed E-state index contributed by atoms with van der Waals surface area (Å²) in [6.45, 7) is 5.50. The first-order chi connectivity index (χ1) is 14.3. The van der Waals surface area contributed by atoms with Crippen LogP contribution in [-0.4, -0.2) is 72.3 Å². The Labute approximate surface area is 178 Å². The molecule has 1 aromatic heterocycles. The van der Waals surface area contributed by atoms with Gasteiger partial charge in [-0.25, -0.2) is 0 Å². The largest absolute Gasteiger partial charge is 0.378 e. The van der Waals surface area contributed by atoms with E-state index in [2.05, 4.69) is 34.7 Å². The molecule has 30 heavy (non-hydrogen) atoms. The van der Waals surface area contributed by atoms with Crippen molar-refractivity contribution in [2.45, 2.75) is 38.2 Å². The molecule has 0 saturated carbocycles. The van der Waals surface area contributed by atoms with Crippen molar-refractivity contribution in [1.29, 1.82) is 0 Å². The number of piperidine rings is 1. The number of hydrogen-bond donors (Lipinski definition) is 0. The molecule has 1 aliphatic carbocycles. The van der Waals surface area contributed by atoms with Crippen LogP contribution in [0.15, 0.2) is 17.8 Å². The van der Waals surface area contributed by atoms with Crippen LogP contribution in [0, 0.1) is 18.3 Å². The van der Waals surface area contributed by atoms with Crippen molar-refractivity contribution < 1.29 is 14.3 Å². The molecule has 0 N–H and O–H groups in total. The number of pyridine rings is 1. The summed E-state index contributed by atoms with van der Waals surface area (Å²) < 4.78 is 5.66. The van der Waals surface area contributed by atoms with E-state index in [-0.39, 0.29) is 23.6 Å². The second-order valence-electron chi connectivity index (χ2n) is 9.05. The predicted molar refractivity (Wildman–Crippen MR) is 115 cm³/mol. The second-order valence-corrected chi connectivity index (χ2v) is 9.05. The smallest absolute Gasteiger partial charge is 0.181 e. The highest BCUT2D eigenvalue weighted by molar-refractivity contribution is 6.10. The van der Waals surface area contributed by atoms with Gasteiger partial charge < -0.3 is 14.5 Å². The average Bonchev–Trinajstić information content (AvgIpc) is 2.72. The van der Waals surface area contributed by atoms with Gasteiger partial charge in [-0.15, -0.1) is 6.42 Å². The van der Waals surface area contributed by atoms with Crippen molar-refractivity contribution in [3.8, 4) is 12.3 Å². The van der Waals surface area contributed by atoms with Crippen LogP contribution in [-0.2, 0) is 16.0 Å². The van der Waals surface area contributed by atoms with Crippen molar-refractivity contribution in [2.24, 2.45) is 5.92 Å². The molecule has 1 aromatic rings. The van der Waals surface area contributed by atoms with E-state index in [4.69, 9.17) is 11.2 Å². The first-order valence-corrected chi connectivity index (χ1v) is 10.6. The number of fused-ring (bicyclic) bond motifs is 1. The number of hydrogen-bond acceptors (Lipinski definition) is 6. The molecule has 0 aromatic carbocycles. The minimum absolute atomic E-state index is 0.0556. The summed E-state index contributed by atoms with van der Waals surface area (Å²) in [7, 11) is 3.80. The molecule has 6 heteroatoms. The molecule has 2 saturated heterocycles. The SMILES string of the molecule is C#CC1=C(N2CCC(C)(OC)CC2)c2cc(C(=O)CC3CN(C)C3)ncc2CC1=O. The Morgan fingerprint density at radius 3 is 2.67 bits per heavy atom. The molecular weight excluding hydrogens is 378 g/mol. The van der Waals surface area contributed by atoms with Crippen LogP contribution in [0.2, 0.25) is 0 Å². The third-order valence-corrected chi connectivity index (χ3v) is 6.78. The summed E-state index contributed by atoms with van der Waals surface area (Å²) in [5.74, 6) is 3.02. The van der Waals surface area contributed by atoms with Crippen LogP contribution in [0.1, 0.15) is 47.8 Å². The Morgan fingerprint density at radius 1 is 1.37 bits per heavy atom. The van der Waals surface area contributed by atoms with Crippen molar-refractivity contribution in [2.75, 3.05) is 40.3 Å². The minimum atomic E-state index is -0.163. The van der Waals surface area contributed by atoms with Gasteiger partial charge in [-0.3, -0.25) is 14.6 Å². The number of carbonyl (C=O) groups is 2. The normalized spacial score (nSPS) is 21.8. The molecule has 3 aliphatic rings. The maximum Gasteiger partial charge on any atom is 0.181 e. The summed E-state index contributed by atoms with van der Waals surface area (Å²) in [4.78, 5) is 34.3. The number of nitrogens with zero attached hydrogens (tertiary/aromatic N) is 3. The van der Waals surface area contributed by atoms with Gasteiger partial charge in [0.25, 0.3) is 0 Å². The Hall–Kier alpha value is -2.49. The molecule has 0 bridgehead atoms. The molecule has 6 nitrogen and oxygen atoms in total. The minimum Gasteiger partial charge on any atom is -0.378 e. The van der Waals surface area contributed by atoms with Crippen LogP contribution in [0.5, 0.6) is 0 Å². The van der Waals surface area contributed by atoms with Gasteiger partial charge in [0, 0.05) is 57.9 Å². The zero-order valence-electron chi connectivity index (χ0n) is 18.0. The van der Waals surface area contributed by atoms with Gasteiger partial charge in [0.15, 0.2) is 11.6 Å². The number of methoxy groups -OCH3 is 1. The highest BCUT2D eigenvalue weighted by atomic mass is 16.5. The van der Waals surface area contributed by atoms with Crippen LogP contribution in [0.3, 0.4) is 0 Å². The molecule has 0 unspecified atom stereocenters. The zero-order chi connectivity index (χ0) is 21.5. The fourth-order valence-corrected chi connectivity index (χ4v) is 4.73. The van der Waals surface area contributed by atoms with Gasteiger partial charge in [-0.05, 0) is 44.4 Å². The van der Waals surface area contributed by atoms with Gasteiger partial charge in [-0.2, -0.15) is 0 Å². The summed E-state index contributed by atoms with van der Waals surface area (Å²) in [5.41, 5.74) is 3.21. The third-order valence-electron chi connectivity index (χ3n) is 6.78. The lowest BCUT2D eigenvalue weighted by Gasteiger charge is -2.41. The van der Waals surface area contributed by atoms with Crippen LogP contribution >= 0.6 is 0 Å². The number of aromatic nitrogens is 1. The number of ether oxygens (including phenoxy) is 1. The molecule has 2 aliphatic heterocycles. The van der Waals surface area contributed by atoms with Crippen LogP contribution < -0.4 is 0 Å². The summed E-state index contributed by atoms with van der Waals surface area (Å²) in [6, 6.07) is 1.85. The Kier molecular flexibility index (Phi) is 5.52. The number of ketones is 2. The lowest BCUT2D eigenvalue weighted by Crippen LogP contribution is -2.44. The highest BCUT2D eigenvalue weighted by Gasteiger charge is 2.35. The fraction of sp³-hybridized carbons (Fsp3) is 0.542. The number of allylic oxidation sites excluding steroid dienone is 1. The van der Waals surface area contributed by atoms with Crippen LogP contribution in [0.4, 0.5) is 0 Å². The molecule has 0 radical (unpaired) electrons. The lowest BCUT2D eigenvalue weighted by atomic mass is 9.85. The first-order valence-electron chi connectivity index (χ1n) is 10.6. The summed E-state index contributed by atoms with van der Waals surface area (Å²) in [5, 5.41) is 0. The highest BCUT2D eigenvalue weighted by Crippen LogP contribution is 2.36. The molecule has 158 valence electrons. The van der Waals surface area contributed by atoms with E-state index < -0.39 is 0 Å². The number of terminal acetylenes is 1. The van der Waals surface area contributed by atoms with E-state index in [1.807, 2.05) is 6.07 Å². The second kappa shape index (κ2) is 7.98. The van der Waals surface area contributed by atoms with Gasteiger partial charge in [-0.1, -0.05) is 5.92 Å². The lowest BCUT2D eigenvalue weighted by molar-refractivity contribution is -0.114. The molecule has 4 rings (SSSR count). The van der Waals surface area contributed by atoms with Gasteiger partial charge in [0.05, 0.1) is 16.9 Å². The maximum absolute atomic E-state index is 12.8. The Morgan fingerprint density at radius 2 is 2.07 bits per heavy atom.